The summed E-state index contributed by atoms with van der Waals surface area (Å²) in [5, 5.41) is 3.78. The summed E-state index contributed by atoms with van der Waals surface area (Å²) in [6.07, 6.45) is -0.588. The van der Waals surface area contributed by atoms with Crippen molar-refractivity contribution in [3.63, 3.8) is 0 Å². The number of aromatic nitrogens is 2. The topological polar surface area (TPSA) is 164 Å². The fourth-order valence-corrected chi connectivity index (χ4v) is 5.06. The Balaban J connectivity index is 1.60. The second-order valence-corrected chi connectivity index (χ2v) is 10.7. The highest BCUT2D eigenvalue weighted by Gasteiger charge is 2.25. The fraction of sp³-hybridized carbons (Fsp3) is 0.303. The number of anilines is 1. The molecule has 0 aliphatic carbocycles. The molecule has 2 N–H and O–H groups in total. The van der Waals surface area contributed by atoms with Gasteiger partial charge in [0.2, 0.25) is 12.2 Å². The first-order valence-corrected chi connectivity index (χ1v) is 14.9. The Morgan fingerprint density at radius 1 is 1.00 bits per heavy atom. The van der Waals surface area contributed by atoms with Gasteiger partial charge in [0, 0.05) is 65.9 Å². The number of hydrogen-bond acceptors (Lipinski definition) is 10. The van der Waals surface area contributed by atoms with Gasteiger partial charge in [-0.3, -0.25) is 19.0 Å². The van der Waals surface area contributed by atoms with Gasteiger partial charge in [-0.15, -0.1) is 0 Å². The highest BCUT2D eigenvalue weighted by Crippen LogP contribution is 2.34. The molecule has 4 rings (SSSR count). The number of methoxy groups -OCH3 is 2. The number of amides is 1. The van der Waals surface area contributed by atoms with Crippen LogP contribution < -0.4 is 15.6 Å². The maximum atomic E-state index is 13.7. The lowest BCUT2D eigenvalue weighted by atomic mass is 9.97. The van der Waals surface area contributed by atoms with Crippen LogP contribution in [0.3, 0.4) is 0 Å². The van der Waals surface area contributed by atoms with Gasteiger partial charge in [0.15, 0.2) is 5.78 Å². The van der Waals surface area contributed by atoms with E-state index in [1.54, 1.807) is 43.3 Å². The van der Waals surface area contributed by atoms with E-state index in [0.717, 1.165) is 0 Å². The zero-order valence-corrected chi connectivity index (χ0v) is 27.1. The van der Waals surface area contributed by atoms with Crippen LogP contribution in [0, 0.1) is 0 Å². The Morgan fingerprint density at radius 3 is 2.45 bits per heavy atom. The molecule has 13 nitrogen and oxygen atoms in total. The summed E-state index contributed by atoms with van der Waals surface area (Å²) in [5.41, 5.74) is 1.67. The second kappa shape index (κ2) is 15.4. The predicted molar refractivity (Wildman–Crippen MR) is 173 cm³/mol. The minimum Gasteiger partial charge on any atom is -0.495 e. The van der Waals surface area contributed by atoms with Crippen molar-refractivity contribution in [3.8, 4) is 16.9 Å². The lowest BCUT2D eigenvalue weighted by molar-refractivity contribution is -0.119. The molecule has 2 heterocycles. The molecule has 2 aromatic heterocycles. The van der Waals surface area contributed by atoms with Gasteiger partial charge in [-0.2, -0.15) is 0 Å². The average Bonchev–Trinajstić information content (AvgIpc) is 3.45. The molecule has 0 fully saturated rings. The van der Waals surface area contributed by atoms with Crippen molar-refractivity contribution < 1.29 is 42.9 Å². The van der Waals surface area contributed by atoms with Gasteiger partial charge in [-0.05, 0) is 61.9 Å². The van der Waals surface area contributed by atoms with Crippen LogP contribution in [0.5, 0.6) is 5.75 Å². The van der Waals surface area contributed by atoms with E-state index in [4.69, 9.17) is 30.5 Å². The van der Waals surface area contributed by atoms with Crippen LogP contribution in [0.1, 0.15) is 54.1 Å². The van der Waals surface area contributed by atoms with Crippen molar-refractivity contribution in [3.05, 3.63) is 81.4 Å². The number of hydrogen-bond donors (Lipinski definition) is 2. The van der Waals surface area contributed by atoms with Crippen molar-refractivity contribution in [1.29, 1.82) is 0 Å². The molecule has 1 amide bonds. The highest BCUT2D eigenvalue weighted by molar-refractivity contribution is 6.31. The molecule has 0 aliphatic heterocycles. The predicted octanol–water partition coefficient (Wildman–Crippen LogP) is 5.75. The van der Waals surface area contributed by atoms with Gasteiger partial charge in [0.25, 0.3) is 5.56 Å². The number of benzene rings is 2. The summed E-state index contributed by atoms with van der Waals surface area (Å²) >= 11 is 6.22. The van der Waals surface area contributed by atoms with E-state index in [0.29, 0.717) is 38.3 Å². The monoisotopic (exact) mass is 667 g/mol. The molecule has 0 aliphatic rings. The molecular weight excluding hydrogens is 634 g/mol. The number of carbonyl (C=O) groups excluding carboxylic acids is 4. The first kappa shape index (κ1) is 34.7. The minimum atomic E-state index is -1.19. The molecule has 0 spiro atoms. The Labute approximate surface area is 274 Å². The van der Waals surface area contributed by atoms with E-state index < -0.39 is 35.9 Å². The van der Waals surface area contributed by atoms with Crippen molar-refractivity contribution >= 4 is 52.0 Å². The largest absolute Gasteiger partial charge is 0.511 e. The number of halogens is 1. The summed E-state index contributed by atoms with van der Waals surface area (Å²) < 4.78 is 26.7. The van der Waals surface area contributed by atoms with Gasteiger partial charge >= 0.3 is 12.1 Å². The van der Waals surface area contributed by atoms with Gasteiger partial charge in [0.1, 0.15) is 17.5 Å². The van der Waals surface area contributed by atoms with Crippen LogP contribution in [0.2, 0.25) is 5.02 Å². The van der Waals surface area contributed by atoms with Gasteiger partial charge in [-0.25, -0.2) is 9.59 Å². The minimum absolute atomic E-state index is 0.0899. The molecule has 2 aromatic carbocycles. The molecule has 4 aromatic rings. The van der Waals surface area contributed by atoms with E-state index in [1.165, 1.54) is 51.0 Å². The smallest absolute Gasteiger partial charge is 0.495 e. The summed E-state index contributed by atoms with van der Waals surface area (Å²) in [6.45, 7) is 4.67. The van der Waals surface area contributed by atoms with E-state index in [9.17, 15) is 24.0 Å². The first-order chi connectivity index (χ1) is 22.4. The summed E-state index contributed by atoms with van der Waals surface area (Å²) in [5.74, 6) is -1.25. The van der Waals surface area contributed by atoms with Crippen molar-refractivity contribution in [1.82, 2.24) is 9.55 Å². The molecule has 248 valence electrons. The number of rotatable bonds is 13. The molecule has 0 saturated carbocycles. The van der Waals surface area contributed by atoms with Crippen LogP contribution in [0.15, 0.2) is 59.5 Å². The Morgan fingerprint density at radius 2 is 1.77 bits per heavy atom. The molecule has 2 unspecified atom stereocenters. The van der Waals surface area contributed by atoms with Crippen molar-refractivity contribution in [2.45, 2.75) is 39.5 Å². The molecule has 14 heteroatoms. The van der Waals surface area contributed by atoms with E-state index in [2.05, 4.69) is 15.0 Å². The summed E-state index contributed by atoms with van der Waals surface area (Å²) in [4.78, 5) is 66.5. The summed E-state index contributed by atoms with van der Waals surface area (Å²) in [7, 11) is 2.90. The lowest BCUT2D eigenvalue weighted by Gasteiger charge is -2.21. The van der Waals surface area contributed by atoms with E-state index in [1.807, 2.05) is 0 Å². The number of aromatic amines is 1. The number of esters is 1. The molecule has 2 atom stereocenters. The van der Waals surface area contributed by atoms with Gasteiger partial charge in [0.05, 0.1) is 19.9 Å². The maximum Gasteiger partial charge on any atom is 0.511 e. The normalized spacial score (nSPS) is 12.2. The molecule has 0 bridgehead atoms. The van der Waals surface area contributed by atoms with Crippen LogP contribution in [0.25, 0.3) is 22.0 Å². The average molecular weight is 668 g/mol. The Kier molecular flexibility index (Phi) is 11.4. The van der Waals surface area contributed by atoms with E-state index in [-0.39, 0.29) is 36.9 Å². The number of fused-ring (bicyclic) bond motifs is 1. The molecular formula is C33H34ClN3O10. The van der Waals surface area contributed by atoms with Gasteiger partial charge < -0.3 is 34.0 Å². The highest BCUT2D eigenvalue weighted by atomic mass is 35.5. The van der Waals surface area contributed by atoms with Crippen molar-refractivity contribution in [2.75, 3.05) is 32.8 Å². The van der Waals surface area contributed by atoms with Gasteiger partial charge in [-0.1, -0.05) is 11.6 Å². The van der Waals surface area contributed by atoms with Crippen LogP contribution in [-0.2, 0) is 23.7 Å². The third-order valence-electron chi connectivity index (χ3n) is 7.05. The number of nitrogens with zero attached hydrogens (tertiary/aromatic N) is 1. The van der Waals surface area contributed by atoms with Crippen LogP contribution in [-0.4, -0.2) is 67.1 Å². The molecule has 47 heavy (non-hydrogen) atoms. The summed E-state index contributed by atoms with van der Waals surface area (Å²) in [6, 6.07) is 11.5. The molecule has 0 saturated heterocycles. The third-order valence-corrected chi connectivity index (χ3v) is 7.29. The Hall–Kier alpha value is -5.14. The van der Waals surface area contributed by atoms with Crippen molar-refractivity contribution in [2.24, 2.45) is 0 Å². The van der Waals surface area contributed by atoms with E-state index >= 15 is 0 Å². The molecule has 0 radical (unpaired) electrons. The maximum absolute atomic E-state index is 13.7. The Bertz CT molecular complexity index is 1870. The fourth-order valence-electron chi connectivity index (χ4n) is 4.89. The SMILES string of the molecule is CCOC(=O)OC(C)OC(=O)c1cc2cc(NC(=O)C(CCOC)n3cc(OC)c(-c4cc(Cl)ccc4C(C)=O)cc3=O)ccc2[nH]1. The number of Topliss-reactive ketones (excluding diaryl/α,β-unsaturated/α-hetero) is 1. The first-order valence-electron chi connectivity index (χ1n) is 14.5. The zero-order chi connectivity index (χ0) is 34.2. The van der Waals surface area contributed by atoms with Crippen LogP contribution >= 0.6 is 11.6 Å². The zero-order valence-electron chi connectivity index (χ0n) is 26.4. The lowest BCUT2D eigenvalue weighted by Crippen LogP contribution is -2.34. The number of pyridine rings is 1. The standard InChI is InChI=1S/C33H34ClN3O10/c1-6-45-33(42)47-19(3)46-32(41)27-14-20-13-22(8-10-26(20)36-27)35-31(40)28(11-12-43-4)37-17-29(44-5)25(16-30(37)39)24-15-21(34)7-9-23(24)18(2)38/h7-10,13-17,19,28,36H,6,11-12H2,1-5H3,(H,35,40). The third kappa shape index (κ3) is 8.37. The van der Waals surface area contributed by atoms with Crippen LogP contribution in [0.4, 0.5) is 10.5 Å². The quantitative estimate of drug-likeness (QED) is 0.102. The number of H-pyrrole nitrogens is 1. The number of ketones is 1. The number of nitrogens with one attached hydrogen (secondary N) is 2. The second-order valence-electron chi connectivity index (χ2n) is 10.3. The number of carbonyl (C=O) groups is 4. The number of ether oxygens (including phenoxy) is 5.